The van der Waals surface area contributed by atoms with Gasteiger partial charge in [-0.2, -0.15) is 0 Å². The smallest absolute Gasteiger partial charge is 0.216 e. The molecule has 7 heteroatoms. The molecule has 1 atom stereocenters. The summed E-state index contributed by atoms with van der Waals surface area (Å²) < 4.78 is 44.9. The molecule has 1 saturated heterocycles. The van der Waals surface area contributed by atoms with Crippen LogP contribution in [-0.4, -0.2) is 38.4 Å². The number of halogens is 1. The first-order valence-corrected chi connectivity index (χ1v) is 8.42. The lowest BCUT2D eigenvalue weighted by Gasteiger charge is -2.10. The largest absolute Gasteiger partial charge is 0.380 e. The van der Waals surface area contributed by atoms with E-state index in [1.807, 2.05) is 0 Å². The van der Waals surface area contributed by atoms with E-state index in [1.54, 1.807) is 12.3 Å². The maximum absolute atomic E-state index is 13.1. The average molecular weight is 312 g/mol. The van der Waals surface area contributed by atoms with Crippen LogP contribution in [0.4, 0.5) is 4.39 Å². The zero-order valence-electron chi connectivity index (χ0n) is 11.4. The van der Waals surface area contributed by atoms with Gasteiger partial charge in [0.15, 0.2) is 0 Å². The SMILES string of the molecule is O=S(=O)(NCCc1c[nH]c2cc(F)ccc12)[C@@H]1CCOC1. The molecule has 0 aliphatic carbocycles. The Morgan fingerprint density at radius 3 is 3.05 bits per heavy atom. The van der Waals surface area contributed by atoms with Crippen LogP contribution in [0.15, 0.2) is 24.4 Å². The van der Waals surface area contributed by atoms with Gasteiger partial charge in [-0.1, -0.05) is 0 Å². The summed E-state index contributed by atoms with van der Waals surface area (Å²) in [6, 6.07) is 4.54. The number of fused-ring (bicyclic) bond motifs is 1. The van der Waals surface area contributed by atoms with Gasteiger partial charge in [-0.15, -0.1) is 0 Å². The van der Waals surface area contributed by atoms with Crippen LogP contribution >= 0.6 is 0 Å². The van der Waals surface area contributed by atoms with Crippen LogP contribution in [0.2, 0.25) is 0 Å². The van der Waals surface area contributed by atoms with Gasteiger partial charge in [-0.25, -0.2) is 17.5 Å². The van der Waals surface area contributed by atoms with Crippen molar-refractivity contribution in [2.75, 3.05) is 19.8 Å². The van der Waals surface area contributed by atoms with E-state index in [0.717, 1.165) is 16.5 Å². The number of ether oxygens (including phenoxy) is 1. The maximum atomic E-state index is 13.1. The maximum Gasteiger partial charge on any atom is 0.216 e. The molecule has 0 unspecified atom stereocenters. The van der Waals surface area contributed by atoms with Crippen molar-refractivity contribution in [3.63, 3.8) is 0 Å². The van der Waals surface area contributed by atoms with Gasteiger partial charge in [0, 0.05) is 30.3 Å². The number of benzene rings is 1. The molecule has 1 aromatic heterocycles. The fourth-order valence-electron chi connectivity index (χ4n) is 2.57. The third kappa shape index (κ3) is 3.09. The molecular formula is C14H17FN2O3S. The summed E-state index contributed by atoms with van der Waals surface area (Å²) in [7, 11) is -3.32. The minimum atomic E-state index is -3.32. The van der Waals surface area contributed by atoms with Crippen molar-refractivity contribution in [1.29, 1.82) is 0 Å². The molecular weight excluding hydrogens is 295 g/mol. The normalized spacial score (nSPS) is 19.4. The molecule has 2 heterocycles. The highest BCUT2D eigenvalue weighted by Gasteiger charge is 2.28. The second-order valence-corrected chi connectivity index (χ2v) is 7.22. The van der Waals surface area contributed by atoms with Crippen molar-refractivity contribution < 1.29 is 17.5 Å². The zero-order chi connectivity index (χ0) is 14.9. The molecule has 2 N–H and O–H groups in total. The Bertz CT molecular complexity index is 736. The van der Waals surface area contributed by atoms with Crippen LogP contribution in [0.5, 0.6) is 0 Å². The summed E-state index contributed by atoms with van der Waals surface area (Å²) >= 11 is 0. The Kier molecular flexibility index (Phi) is 3.97. The van der Waals surface area contributed by atoms with E-state index in [0.29, 0.717) is 26.0 Å². The minimum absolute atomic E-state index is 0.266. The lowest BCUT2D eigenvalue weighted by molar-refractivity contribution is 0.198. The molecule has 2 aromatic rings. The predicted molar refractivity (Wildman–Crippen MR) is 78.1 cm³/mol. The molecule has 3 rings (SSSR count). The van der Waals surface area contributed by atoms with E-state index in [4.69, 9.17) is 4.74 Å². The third-order valence-electron chi connectivity index (χ3n) is 3.75. The first kappa shape index (κ1) is 14.5. The molecule has 0 amide bonds. The van der Waals surface area contributed by atoms with Crippen molar-refractivity contribution in [2.24, 2.45) is 0 Å². The number of hydrogen-bond donors (Lipinski definition) is 2. The lowest BCUT2D eigenvalue weighted by atomic mass is 10.1. The van der Waals surface area contributed by atoms with Crippen LogP contribution in [0.25, 0.3) is 10.9 Å². The Hall–Kier alpha value is -1.44. The standard InChI is InChI=1S/C14H17FN2O3S/c15-11-1-2-13-10(8-16-14(13)7-11)3-5-17-21(18,19)12-4-6-20-9-12/h1-2,7-8,12,16-17H,3-6,9H2/t12-/m1/s1. The van der Waals surface area contributed by atoms with Gasteiger partial charge < -0.3 is 9.72 Å². The molecule has 1 aromatic carbocycles. The summed E-state index contributed by atoms with van der Waals surface area (Å²) in [6.07, 6.45) is 2.89. The number of aromatic amines is 1. The number of aromatic nitrogens is 1. The molecule has 5 nitrogen and oxygen atoms in total. The molecule has 1 aliphatic rings. The topological polar surface area (TPSA) is 71.2 Å². The molecule has 0 spiro atoms. The van der Waals surface area contributed by atoms with E-state index < -0.39 is 15.3 Å². The van der Waals surface area contributed by atoms with Crippen molar-refractivity contribution in [2.45, 2.75) is 18.1 Å². The number of hydrogen-bond acceptors (Lipinski definition) is 3. The molecule has 1 fully saturated rings. The van der Waals surface area contributed by atoms with Gasteiger partial charge in [-0.05, 0) is 36.6 Å². The molecule has 21 heavy (non-hydrogen) atoms. The van der Waals surface area contributed by atoms with Gasteiger partial charge in [0.2, 0.25) is 10.0 Å². The minimum Gasteiger partial charge on any atom is -0.380 e. The zero-order valence-corrected chi connectivity index (χ0v) is 12.2. The number of rotatable bonds is 5. The molecule has 0 bridgehead atoms. The third-order valence-corrected chi connectivity index (χ3v) is 5.61. The summed E-state index contributed by atoms with van der Waals surface area (Å²) in [5, 5.41) is 0.467. The van der Waals surface area contributed by atoms with Crippen LogP contribution in [0.1, 0.15) is 12.0 Å². The highest BCUT2D eigenvalue weighted by molar-refractivity contribution is 7.90. The van der Waals surface area contributed by atoms with Crippen molar-refractivity contribution in [3.8, 4) is 0 Å². The van der Waals surface area contributed by atoms with Crippen molar-refractivity contribution >= 4 is 20.9 Å². The van der Waals surface area contributed by atoms with E-state index in [2.05, 4.69) is 9.71 Å². The van der Waals surface area contributed by atoms with Crippen LogP contribution in [-0.2, 0) is 21.2 Å². The van der Waals surface area contributed by atoms with Crippen molar-refractivity contribution in [3.05, 3.63) is 35.8 Å². The summed E-state index contributed by atoms with van der Waals surface area (Å²) in [5.74, 6) is -0.294. The van der Waals surface area contributed by atoms with Gasteiger partial charge >= 0.3 is 0 Å². The van der Waals surface area contributed by atoms with E-state index in [9.17, 15) is 12.8 Å². The lowest BCUT2D eigenvalue weighted by Crippen LogP contribution is -2.35. The number of nitrogens with one attached hydrogen (secondary N) is 2. The number of sulfonamides is 1. The van der Waals surface area contributed by atoms with E-state index in [1.165, 1.54) is 12.1 Å². The predicted octanol–water partition coefficient (Wildman–Crippen LogP) is 1.56. The molecule has 0 saturated carbocycles. The second-order valence-electron chi connectivity index (χ2n) is 5.18. The van der Waals surface area contributed by atoms with Gasteiger partial charge in [0.25, 0.3) is 0 Å². The Balaban J connectivity index is 1.64. The number of H-pyrrole nitrogens is 1. The fraction of sp³-hybridized carbons (Fsp3) is 0.429. The van der Waals surface area contributed by atoms with Gasteiger partial charge in [0.05, 0.1) is 6.61 Å². The summed E-state index contributed by atoms with van der Waals surface area (Å²) in [6.45, 7) is 1.09. The van der Waals surface area contributed by atoms with Crippen molar-refractivity contribution in [1.82, 2.24) is 9.71 Å². The van der Waals surface area contributed by atoms with E-state index >= 15 is 0 Å². The average Bonchev–Trinajstić information content (AvgIpc) is 3.08. The van der Waals surface area contributed by atoms with Gasteiger partial charge in [-0.3, -0.25) is 0 Å². The monoisotopic (exact) mass is 312 g/mol. The quantitative estimate of drug-likeness (QED) is 0.880. The van der Waals surface area contributed by atoms with Crippen LogP contribution in [0.3, 0.4) is 0 Å². The molecule has 1 aliphatic heterocycles. The Morgan fingerprint density at radius 2 is 2.29 bits per heavy atom. The van der Waals surface area contributed by atoms with E-state index in [-0.39, 0.29) is 12.4 Å². The highest BCUT2D eigenvalue weighted by atomic mass is 32.2. The first-order chi connectivity index (χ1) is 10.1. The highest BCUT2D eigenvalue weighted by Crippen LogP contribution is 2.19. The molecule has 114 valence electrons. The second kappa shape index (κ2) is 5.75. The Labute approximate surface area is 122 Å². The summed E-state index contributed by atoms with van der Waals surface area (Å²) in [4.78, 5) is 2.99. The van der Waals surface area contributed by atoms with Gasteiger partial charge in [0.1, 0.15) is 11.1 Å². The fourth-order valence-corrected chi connectivity index (χ4v) is 3.87. The Morgan fingerprint density at radius 1 is 1.43 bits per heavy atom. The van der Waals surface area contributed by atoms with Crippen LogP contribution in [0, 0.1) is 5.82 Å². The molecule has 0 radical (unpaired) electrons. The summed E-state index contributed by atoms with van der Waals surface area (Å²) in [5.41, 5.74) is 1.69. The van der Waals surface area contributed by atoms with Crippen LogP contribution < -0.4 is 4.72 Å². The first-order valence-electron chi connectivity index (χ1n) is 6.88.